The number of carboxylic acid groups (broad SMARTS) is 2. The summed E-state index contributed by atoms with van der Waals surface area (Å²) in [6.45, 7) is 0. The van der Waals surface area contributed by atoms with Crippen molar-refractivity contribution in [3.63, 3.8) is 0 Å². The maximum absolute atomic E-state index is 11.5. The van der Waals surface area contributed by atoms with Gasteiger partial charge >= 0.3 is 17.9 Å². The first kappa shape index (κ1) is 15.6. The Morgan fingerprint density at radius 1 is 1.11 bits per heavy atom. The maximum atomic E-state index is 11.5. The minimum absolute atomic E-state index is 0. The van der Waals surface area contributed by atoms with E-state index in [0.717, 1.165) is 0 Å². The van der Waals surface area contributed by atoms with Gasteiger partial charge in [-0.25, -0.2) is 9.59 Å². The summed E-state index contributed by atoms with van der Waals surface area (Å²) >= 11 is 0. The van der Waals surface area contributed by atoms with E-state index in [0.29, 0.717) is 0 Å². The van der Waals surface area contributed by atoms with E-state index < -0.39 is 30.4 Å². The highest BCUT2D eigenvalue weighted by Gasteiger charge is 2.25. The maximum Gasteiger partial charge on any atom is 0.345 e. The molecule has 0 fully saturated rings. The Balaban J connectivity index is 0.00000289. The molecule has 0 aliphatic heterocycles. The van der Waals surface area contributed by atoms with Crippen molar-refractivity contribution in [1.82, 2.24) is 0 Å². The molecule has 1 aromatic rings. The zero-order valence-electron chi connectivity index (χ0n) is 9.20. The van der Waals surface area contributed by atoms with Crippen LogP contribution in [-0.4, -0.2) is 39.7 Å². The van der Waals surface area contributed by atoms with Gasteiger partial charge in [-0.2, -0.15) is 0 Å². The largest absolute Gasteiger partial charge is 0.481 e. The Morgan fingerprint density at radius 3 is 2.11 bits per heavy atom. The lowest BCUT2D eigenvalue weighted by Gasteiger charge is -2.11. The molecule has 0 saturated heterocycles. The molecule has 1 unspecified atom stereocenters. The van der Waals surface area contributed by atoms with Crippen LogP contribution in [0.5, 0.6) is 0 Å². The summed E-state index contributed by atoms with van der Waals surface area (Å²) in [6, 6.07) is 7.75. The van der Waals surface area contributed by atoms with Gasteiger partial charge in [0.2, 0.25) is 6.10 Å². The molecule has 4 N–H and O–H groups in total. The Kier molecular flexibility index (Phi) is 6.08. The van der Waals surface area contributed by atoms with E-state index in [4.69, 9.17) is 10.2 Å². The van der Waals surface area contributed by atoms with E-state index in [2.05, 4.69) is 4.74 Å². The zero-order valence-corrected chi connectivity index (χ0v) is 9.20. The molecule has 0 aromatic heterocycles. The molecule has 1 atom stereocenters. The standard InChI is InChI=1S/C11H10O6.H2O/c12-9(13)6-8(10(14)15)17-11(16)7-4-2-1-3-5-7;/h1-5,8H,6H2,(H,12,13)(H,14,15);1H2. The van der Waals surface area contributed by atoms with Gasteiger partial charge < -0.3 is 20.4 Å². The third-order valence-electron chi connectivity index (χ3n) is 1.89. The van der Waals surface area contributed by atoms with Crippen LogP contribution in [0.4, 0.5) is 0 Å². The molecular formula is C11H12O7. The van der Waals surface area contributed by atoms with Crippen molar-refractivity contribution in [3.8, 4) is 0 Å². The number of rotatable bonds is 5. The van der Waals surface area contributed by atoms with Crippen LogP contribution in [0, 0.1) is 0 Å². The zero-order chi connectivity index (χ0) is 12.8. The summed E-state index contributed by atoms with van der Waals surface area (Å²) in [5.74, 6) is -3.70. The average molecular weight is 256 g/mol. The van der Waals surface area contributed by atoms with Gasteiger partial charge in [0.05, 0.1) is 12.0 Å². The molecule has 1 aromatic carbocycles. The molecule has 0 radical (unpaired) electrons. The molecule has 7 nitrogen and oxygen atoms in total. The molecular weight excluding hydrogens is 244 g/mol. The smallest absolute Gasteiger partial charge is 0.345 e. The van der Waals surface area contributed by atoms with Gasteiger partial charge in [-0.3, -0.25) is 4.79 Å². The SMILES string of the molecule is O.O=C(O)CC(OC(=O)c1ccccc1)C(=O)O. The average Bonchev–Trinajstić information content (AvgIpc) is 2.28. The Labute approximate surface area is 102 Å². The number of hydrogen-bond acceptors (Lipinski definition) is 4. The van der Waals surface area contributed by atoms with Crippen LogP contribution in [0.2, 0.25) is 0 Å². The molecule has 0 aliphatic carbocycles. The fourth-order valence-corrected chi connectivity index (χ4v) is 1.11. The van der Waals surface area contributed by atoms with Crippen LogP contribution in [-0.2, 0) is 14.3 Å². The fraction of sp³-hybridized carbons (Fsp3) is 0.182. The van der Waals surface area contributed by atoms with Crippen LogP contribution >= 0.6 is 0 Å². The van der Waals surface area contributed by atoms with E-state index in [1.807, 2.05) is 0 Å². The van der Waals surface area contributed by atoms with Crippen molar-refractivity contribution in [2.45, 2.75) is 12.5 Å². The first-order valence-corrected chi connectivity index (χ1v) is 4.71. The first-order valence-electron chi connectivity index (χ1n) is 4.71. The third kappa shape index (κ3) is 4.62. The van der Waals surface area contributed by atoms with E-state index in [1.165, 1.54) is 12.1 Å². The molecule has 0 amide bonds. The number of carboxylic acids is 2. The van der Waals surface area contributed by atoms with Crippen LogP contribution < -0.4 is 0 Å². The molecule has 0 heterocycles. The minimum atomic E-state index is -1.68. The molecule has 7 heteroatoms. The van der Waals surface area contributed by atoms with Crippen molar-refractivity contribution in [1.29, 1.82) is 0 Å². The molecule has 0 saturated carbocycles. The number of benzene rings is 1. The lowest BCUT2D eigenvalue weighted by Crippen LogP contribution is -2.29. The quantitative estimate of drug-likeness (QED) is 0.709. The van der Waals surface area contributed by atoms with E-state index in [-0.39, 0.29) is 11.0 Å². The number of ether oxygens (including phenoxy) is 1. The second kappa shape index (κ2) is 7.02. The highest BCUT2D eigenvalue weighted by molar-refractivity contribution is 5.92. The topological polar surface area (TPSA) is 132 Å². The number of esters is 1. The number of carbonyl (C=O) groups excluding carboxylic acids is 1. The van der Waals surface area contributed by atoms with E-state index in [9.17, 15) is 14.4 Å². The molecule has 0 spiro atoms. The van der Waals surface area contributed by atoms with Crippen molar-refractivity contribution in [3.05, 3.63) is 35.9 Å². The summed E-state index contributed by atoms with van der Waals surface area (Å²) in [5, 5.41) is 17.1. The molecule has 18 heavy (non-hydrogen) atoms. The van der Waals surface area contributed by atoms with Crippen molar-refractivity contribution in [2.75, 3.05) is 0 Å². The van der Waals surface area contributed by atoms with Crippen LogP contribution in [0.15, 0.2) is 30.3 Å². The van der Waals surface area contributed by atoms with E-state index >= 15 is 0 Å². The van der Waals surface area contributed by atoms with Gasteiger partial charge in [0.25, 0.3) is 0 Å². The Hall–Kier alpha value is -2.41. The third-order valence-corrected chi connectivity index (χ3v) is 1.89. The van der Waals surface area contributed by atoms with Gasteiger partial charge in [0, 0.05) is 0 Å². The van der Waals surface area contributed by atoms with Crippen LogP contribution in [0.25, 0.3) is 0 Å². The number of hydrogen-bond donors (Lipinski definition) is 2. The monoisotopic (exact) mass is 256 g/mol. The molecule has 0 bridgehead atoms. The van der Waals surface area contributed by atoms with Crippen LogP contribution in [0.1, 0.15) is 16.8 Å². The van der Waals surface area contributed by atoms with Gasteiger partial charge in [-0.15, -0.1) is 0 Å². The van der Waals surface area contributed by atoms with Gasteiger partial charge in [0.1, 0.15) is 0 Å². The summed E-state index contributed by atoms with van der Waals surface area (Å²) in [4.78, 5) is 32.5. The van der Waals surface area contributed by atoms with E-state index in [1.54, 1.807) is 18.2 Å². The lowest BCUT2D eigenvalue weighted by molar-refractivity contribution is -0.153. The molecule has 1 rings (SSSR count). The highest BCUT2D eigenvalue weighted by atomic mass is 16.6. The van der Waals surface area contributed by atoms with Gasteiger partial charge in [-0.05, 0) is 12.1 Å². The second-order valence-electron chi connectivity index (χ2n) is 3.20. The summed E-state index contributed by atoms with van der Waals surface area (Å²) in [6.07, 6.45) is -2.45. The van der Waals surface area contributed by atoms with Crippen molar-refractivity contribution < 1.29 is 34.8 Å². The molecule has 98 valence electrons. The fourth-order valence-electron chi connectivity index (χ4n) is 1.11. The number of carbonyl (C=O) groups is 3. The first-order chi connectivity index (χ1) is 8.00. The van der Waals surface area contributed by atoms with Crippen molar-refractivity contribution in [2.24, 2.45) is 0 Å². The molecule has 0 aliphatic rings. The van der Waals surface area contributed by atoms with Gasteiger partial charge in [0.15, 0.2) is 0 Å². The normalized spacial score (nSPS) is 10.9. The van der Waals surface area contributed by atoms with Gasteiger partial charge in [-0.1, -0.05) is 18.2 Å². The summed E-state index contributed by atoms with van der Waals surface area (Å²) in [5.41, 5.74) is 0.170. The van der Waals surface area contributed by atoms with Crippen molar-refractivity contribution >= 4 is 17.9 Å². The number of aliphatic carboxylic acids is 2. The Bertz CT molecular complexity index is 426. The Morgan fingerprint density at radius 2 is 1.67 bits per heavy atom. The summed E-state index contributed by atoms with van der Waals surface area (Å²) < 4.78 is 4.59. The predicted molar refractivity (Wildman–Crippen MR) is 59.1 cm³/mol. The highest BCUT2D eigenvalue weighted by Crippen LogP contribution is 2.06. The minimum Gasteiger partial charge on any atom is -0.481 e. The summed E-state index contributed by atoms with van der Waals surface area (Å²) in [7, 11) is 0. The second-order valence-corrected chi connectivity index (χ2v) is 3.20. The lowest BCUT2D eigenvalue weighted by atomic mass is 10.2. The van der Waals surface area contributed by atoms with Crippen LogP contribution in [0.3, 0.4) is 0 Å². The predicted octanol–water partition coefficient (Wildman–Crippen LogP) is -0.0534.